The summed E-state index contributed by atoms with van der Waals surface area (Å²) in [5.41, 5.74) is -2.52. The molecule has 1 heterocycles. The van der Waals surface area contributed by atoms with Crippen LogP contribution >= 0.6 is 0 Å². The number of aryl methyl sites for hydroxylation is 1. The van der Waals surface area contributed by atoms with Gasteiger partial charge in [-0.25, -0.2) is 14.4 Å². The highest BCUT2D eigenvalue weighted by molar-refractivity contribution is 5.61. The summed E-state index contributed by atoms with van der Waals surface area (Å²) in [4.78, 5) is 49.2. The van der Waals surface area contributed by atoms with E-state index in [0.717, 1.165) is 9.13 Å². The van der Waals surface area contributed by atoms with E-state index < -0.39 is 53.6 Å². The average Bonchev–Trinajstić information content (AvgIpc) is 2.70. The fourth-order valence-electron chi connectivity index (χ4n) is 2.88. The van der Waals surface area contributed by atoms with E-state index in [9.17, 15) is 24.3 Å². The summed E-state index contributed by atoms with van der Waals surface area (Å²) in [6.07, 6.45) is -2.17. The Morgan fingerprint density at radius 3 is 2.09 bits per heavy atom. The maximum absolute atomic E-state index is 12.7. The van der Waals surface area contributed by atoms with Crippen LogP contribution in [0.5, 0.6) is 0 Å². The standard InChI is InChI=1S/C23H38N2O10/c1-9-16(33-21(30)35-23(6,7)8)17(13-31-20(29)34-22(3,4)5)32-14-24-12-15(2)18(27)25(10-11-26)19(24)28/h12,16-17,26H,9-11,13-14H2,1-8H3/t16-,17?/m0/s1. The molecule has 0 aliphatic carbocycles. The Morgan fingerprint density at radius 2 is 1.57 bits per heavy atom. The van der Waals surface area contributed by atoms with Crippen LogP contribution in [-0.2, 0) is 37.0 Å². The Hall–Kier alpha value is -2.86. The topological polar surface area (TPSA) is 145 Å². The third kappa shape index (κ3) is 10.5. The molecule has 1 rings (SSSR count). The molecule has 0 saturated carbocycles. The lowest BCUT2D eigenvalue weighted by atomic mass is 10.1. The average molecular weight is 503 g/mol. The number of ether oxygens (including phenoxy) is 5. The SMILES string of the molecule is CC[C@H](OC(=O)OC(C)(C)C)C(COC(=O)OC(C)(C)C)OCn1cc(C)c(=O)n(CCO)c1=O. The molecular formula is C23H38N2O10. The van der Waals surface area contributed by atoms with Crippen molar-refractivity contribution >= 4 is 12.3 Å². The molecule has 1 aromatic rings. The van der Waals surface area contributed by atoms with Gasteiger partial charge < -0.3 is 28.8 Å². The molecule has 12 nitrogen and oxygen atoms in total. The number of nitrogens with zero attached hydrogens (tertiary/aromatic N) is 2. The van der Waals surface area contributed by atoms with Crippen LogP contribution in [-0.4, -0.2) is 63.2 Å². The molecule has 12 heteroatoms. The van der Waals surface area contributed by atoms with Gasteiger partial charge in [0.1, 0.15) is 36.7 Å². The number of hydrogen-bond donors (Lipinski definition) is 1. The third-order valence-electron chi connectivity index (χ3n) is 4.37. The summed E-state index contributed by atoms with van der Waals surface area (Å²) in [6, 6.07) is 0. The number of rotatable bonds is 10. The first-order chi connectivity index (χ1) is 16.1. The predicted octanol–water partition coefficient (Wildman–Crippen LogP) is 2.34. The zero-order chi connectivity index (χ0) is 27.0. The van der Waals surface area contributed by atoms with Crippen LogP contribution in [0, 0.1) is 6.92 Å². The van der Waals surface area contributed by atoms with Crippen molar-refractivity contribution in [1.82, 2.24) is 9.13 Å². The molecule has 200 valence electrons. The minimum absolute atomic E-state index is 0.177. The summed E-state index contributed by atoms with van der Waals surface area (Å²) in [6.45, 7) is 12.1. The van der Waals surface area contributed by atoms with Gasteiger partial charge in [0.2, 0.25) is 0 Å². The van der Waals surface area contributed by atoms with Crippen LogP contribution in [0.3, 0.4) is 0 Å². The second kappa shape index (κ2) is 12.7. The molecule has 1 unspecified atom stereocenters. The van der Waals surface area contributed by atoms with Crippen LogP contribution in [0.4, 0.5) is 9.59 Å². The van der Waals surface area contributed by atoms with Gasteiger partial charge in [0.25, 0.3) is 5.56 Å². The highest BCUT2D eigenvalue weighted by Gasteiger charge is 2.30. The van der Waals surface area contributed by atoms with Crippen molar-refractivity contribution in [1.29, 1.82) is 0 Å². The fraction of sp³-hybridized carbons (Fsp3) is 0.739. The van der Waals surface area contributed by atoms with Gasteiger partial charge in [-0.15, -0.1) is 0 Å². The van der Waals surface area contributed by atoms with Crippen molar-refractivity contribution < 1.29 is 38.4 Å². The Kier molecular flexibility index (Phi) is 11.0. The first-order valence-electron chi connectivity index (χ1n) is 11.4. The van der Waals surface area contributed by atoms with Crippen molar-refractivity contribution in [3.63, 3.8) is 0 Å². The Morgan fingerprint density at radius 1 is 1.00 bits per heavy atom. The zero-order valence-corrected chi connectivity index (χ0v) is 21.8. The lowest BCUT2D eigenvalue weighted by molar-refractivity contribution is -0.118. The maximum atomic E-state index is 12.7. The number of hydrogen-bond acceptors (Lipinski definition) is 10. The van der Waals surface area contributed by atoms with E-state index >= 15 is 0 Å². The van der Waals surface area contributed by atoms with Gasteiger partial charge in [-0.1, -0.05) is 6.92 Å². The molecular weight excluding hydrogens is 464 g/mol. The molecule has 1 aromatic heterocycles. The van der Waals surface area contributed by atoms with Crippen molar-refractivity contribution in [3.8, 4) is 0 Å². The first kappa shape index (κ1) is 30.2. The van der Waals surface area contributed by atoms with E-state index in [1.165, 1.54) is 13.1 Å². The molecule has 2 atom stereocenters. The monoisotopic (exact) mass is 502 g/mol. The summed E-state index contributed by atoms with van der Waals surface area (Å²) in [5.74, 6) is 0. The number of aromatic nitrogens is 2. The molecule has 0 spiro atoms. The fourth-order valence-corrected chi connectivity index (χ4v) is 2.88. The quantitative estimate of drug-likeness (QED) is 0.473. The van der Waals surface area contributed by atoms with Crippen molar-refractivity contribution in [2.24, 2.45) is 0 Å². The van der Waals surface area contributed by atoms with E-state index in [2.05, 4.69) is 0 Å². The van der Waals surface area contributed by atoms with Gasteiger partial charge in [-0.05, 0) is 54.9 Å². The highest BCUT2D eigenvalue weighted by Crippen LogP contribution is 2.16. The Balaban J connectivity index is 3.13. The molecule has 35 heavy (non-hydrogen) atoms. The summed E-state index contributed by atoms with van der Waals surface area (Å²) >= 11 is 0. The predicted molar refractivity (Wildman–Crippen MR) is 125 cm³/mol. The van der Waals surface area contributed by atoms with E-state index in [-0.39, 0.29) is 31.9 Å². The normalized spacial score (nSPS) is 13.6. The first-order valence-corrected chi connectivity index (χ1v) is 11.4. The molecule has 0 aromatic carbocycles. The van der Waals surface area contributed by atoms with Gasteiger partial charge >= 0.3 is 18.0 Å². The third-order valence-corrected chi connectivity index (χ3v) is 4.37. The molecule has 0 bridgehead atoms. The van der Waals surface area contributed by atoms with Gasteiger partial charge in [-0.3, -0.25) is 13.9 Å². The molecule has 0 amide bonds. The van der Waals surface area contributed by atoms with Crippen LogP contribution < -0.4 is 11.2 Å². The Bertz CT molecular complexity index is 968. The minimum atomic E-state index is -0.995. The van der Waals surface area contributed by atoms with Crippen molar-refractivity contribution in [2.45, 2.75) is 98.5 Å². The largest absolute Gasteiger partial charge is 0.509 e. The number of aliphatic hydroxyl groups excluding tert-OH is 1. The van der Waals surface area contributed by atoms with E-state index in [1.54, 1.807) is 48.5 Å². The molecule has 0 saturated heterocycles. The second-order valence-electron chi connectivity index (χ2n) is 9.88. The van der Waals surface area contributed by atoms with Gasteiger partial charge in [0.15, 0.2) is 0 Å². The van der Waals surface area contributed by atoms with Crippen LogP contribution in [0.25, 0.3) is 0 Å². The van der Waals surface area contributed by atoms with E-state index in [1.807, 2.05) is 0 Å². The summed E-state index contributed by atoms with van der Waals surface area (Å²) < 4.78 is 28.8. The van der Waals surface area contributed by atoms with Crippen LogP contribution in [0.15, 0.2) is 15.8 Å². The molecule has 0 aliphatic heterocycles. The van der Waals surface area contributed by atoms with Crippen LogP contribution in [0.2, 0.25) is 0 Å². The smallest absolute Gasteiger partial charge is 0.431 e. The lowest BCUT2D eigenvalue weighted by Crippen LogP contribution is -2.44. The van der Waals surface area contributed by atoms with Gasteiger partial charge in [0.05, 0.1) is 13.2 Å². The number of carbonyl (C=O) groups excluding carboxylic acids is 2. The summed E-state index contributed by atoms with van der Waals surface area (Å²) in [5, 5.41) is 9.18. The Labute approximate surface area is 204 Å². The van der Waals surface area contributed by atoms with Gasteiger partial charge in [-0.2, -0.15) is 0 Å². The zero-order valence-electron chi connectivity index (χ0n) is 21.8. The maximum Gasteiger partial charge on any atom is 0.509 e. The van der Waals surface area contributed by atoms with Crippen molar-refractivity contribution in [2.75, 3.05) is 13.2 Å². The molecule has 0 radical (unpaired) electrons. The molecule has 0 fully saturated rings. The number of carbonyl (C=O) groups is 2. The summed E-state index contributed by atoms with van der Waals surface area (Å²) in [7, 11) is 0. The van der Waals surface area contributed by atoms with E-state index in [0.29, 0.717) is 0 Å². The molecule has 1 N–H and O–H groups in total. The van der Waals surface area contributed by atoms with Crippen LogP contribution in [0.1, 0.15) is 60.5 Å². The molecule has 0 aliphatic rings. The minimum Gasteiger partial charge on any atom is -0.431 e. The van der Waals surface area contributed by atoms with Gasteiger partial charge in [0, 0.05) is 11.8 Å². The van der Waals surface area contributed by atoms with E-state index in [4.69, 9.17) is 23.7 Å². The second-order valence-corrected chi connectivity index (χ2v) is 9.88. The number of aliphatic hydroxyl groups is 1. The lowest BCUT2D eigenvalue weighted by Gasteiger charge is -2.28. The highest BCUT2D eigenvalue weighted by atomic mass is 16.8. The van der Waals surface area contributed by atoms with Crippen molar-refractivity contribution in [3.05, 3.63) is 32.6 Å².